The number of benzene rings is 2. The van der Waals surface area contributed by atoms with Crippen LogP contribution in [0.4, 0.5) is 5.69 Å². The van der Waals surface area contributed by atoms with Crippen molar-refractivity contribution >= 4 is 22.6 Å². The fourth-order valence-electron chi connectivity index (χ4n) is 3.12. The van der Waals surface area contributed by atoms with Crippen LogP contribution in [0.15, 0.2) is 51.7 Å². The van der Waals surface area contributed by atoms with E-state index >= 15 is 0 Å². The number of anilines is 1. The molecule has 0 saturated carbocycles. The van der Waals surface area contributed by atoms with Gasteiger partial charge in [0.05, 0.1) is 13.7 Å². The second kappa shape index (κ2) is 8.27. The molecule has 0 saturated heterocycles. The molecule has 6 nitrogen and oxygen atoms in total. The highest BCUT2D eigenvalue weighted by atomic mass is 16.5. The Morgan fingerprint density at radius 1 is 1.14 bits per heavy atom. The van der Waals surface area contributed by atoms with Crippen LogP contribution in [0.25, 0.3) is 11.0 Å². The quantitative estimate of drug-likeness (QED) is 0.663. The number of hydrogen-bond donors (Lipinski definition) is 1. The van der Waals surface area contributed by atoms with Gasteiger partial charge in [-0.2, -0.15) is 0 Å². The maximum atomic E-state index is 12.3. The van der Waals surface area contributed by atoms with Gasteiger partial charge in [0.2, 0.25) is 5.91 Å². The van der Waals surface area contributed by atoms with Crippen molar-refractivity contribution in [1.29, 1.82) is 0 Å². The smallest absolute Gasteiger partial charge is 0.336 e. The molecule has 1 aromatic heterocycles. The Kier molecular flexibility index (Phi) is 5.80. The molecule has 0 spiro atoms. The molecule has 1 heterocycles. The Labute approximate surface area is 163 Å². The van der Waals surface area contributed by atoms with Crippen molar-refractivity contribution in [2.45, 2.75) is 20.4 Å². The summed E-state index contributed by atoms with van der Waals surface area (Å²) in [5.41, 5.74) is 3.80. The molecular weight excluding hydrogens is 356 g/mol. The zero-order valence-electron chi connectivity index (χ0n) is 16.5. The summed E-state index contributed by atoms with van der Waals surface area (Å²) in [6.45, 7) is 4.58. The second-order valence-electron chi connectivity index (χ2n) is 6.92. The molecule has 0 aliphatic carbocycles. The molecule has 0 radical (unpaired) electrons. The molecule has 28 heavy (non-hydrogen) atoms. The molecule has 1 N–H and O–H groups in total. The van der Waals surface area contributed by atoms with Crippen LogP contribution >= 0.6 is 0 Å². The average Bonchev–Trinajstić information content (AvgIpc) is 2.65. The van der Waals surface area contributed by atoms with E-state index < -0.39 is 0 Å². The first-order chi connectivity index (χ1) is 13.4. The van der Waals surface area contributed by atoms with Crippen LogP contribution < -0.4 is 15.7 Å². The number of fused-ring (bicyclic) bond motifs is 1. The third-order valence-electron chi connectivity index (χ3n) is 4.74. The molecule has 0 bridgehead atoms. The minimum Gasteiger partial charge on any atom is -0.497 e. The van der Waals surface area contributed by atoms with Gasteiger partial charge in [-0.25, -0.2) is 4.79 Å². The van der Waals surface area contributed by atoms with Gasteiger partial charge in [0.15, 0.2) is 0 Å². The van der Waals surface area contributed by atoms with E-state index in [0.717, 1.165) is 27.8 Å². The van der Waals surface area contributed by atoms with Crippen molar-refractivity contribution in [3.8, 4) is 5.75 Å². The van der Waals surface area contributed by atoms with E-state index in [2.05, 4.69) is 5.32 Å². The van der Waals surface area contributed by atoms with E-state index in [9.17, 15) is 9.59 Å². The van der Waals surface area contributed by atoms with Gasteiger partial charge in [0, 0.05) is 23.7 Å². The van der Waals surface area contributed by atoms with Gasteiger partial charge in [0.1, 0.15) is 11.3 Å². The lowest BCUT2D eigenvalue weighted by Gasteiger charge is -2.18. The fourth-order valence-corrected chi connectivity index (χ4v) is 3.12. The number of rotatable bonds is 6. The summed E-state index contributed by atoms with van der Waals surface area (Å²) >= 11 is 0. The SMILES string of the molecule is COc1ccc(NC(=O)CN(C)Cc2cc(=O)oc3c(C)c(C)ccc23)cc1. The number of amides is 1. The highest BCUT2D eigenvalue weighted by molar-refractivity contribution is 5.92. The molecular formula is C22H24N2O4. The lowest BCUT2D eigenvalue weighted by atomic mass is 10.0. The number of carbonyl (C=O) groups is 1. The first-order valence-corrected chi connectivity index (χ1v) is 9.03. The van der Waals surface area contributed by atoms with E-state index in [1.165, 1.54) is 6.07 Å². The van der Waals surface area contributed by atoms with Crippen LogP contribution in [0.2, 0.25) is 0 Å². The highest BCUT2D eigenvalue weighted by Crippen LogP contribution is 2.24. The maximum absolute atomic E-state index is 12.3. The lowest BCUT2D eigenvalue weighted by Crippen LogP contribution is -2.30. The standard InChI is InChI=1S/C22H24N2O4/c1-14-5-10-19-16(11-21(26)28-22(19)15(14)2)12-24(3)13-20(25)23-17-6-8-18(27-4)9-7-17/h5-11H,12-13H2,1-4H3,(H,23,25). The summed E-state index contributed by atoms with van der Waals surface area (Å²) < 4.78 is 10.5. The van der Waals surface area contributed by atoms with Gasteiger partial charge >= 0.3 is 5.63 Å². The number of ether oxygens (including phenoxy) is 1. The number of methoxy groups -OCH3 is 1. The van der Waals surface area contributed by atoms with E-state index in [1.807, 2.05) is 37.9 Å². The highest BCUT2D eigenvalue weighted by Gasteiger charge is 2.13. The molecule has 3 rings (SSSR count). The molecule has 1 amide bonds. The molecule has 6 heteroatoms. The summed E-state index contributed by atoms with van der Waals surface area (Å²) in [6, 6.07) is 12.6. The van der Waals surface area contributed by atoms with Crippen LogP contribution in [0, 0.1) is 13.8 Å². The van der Waals surface area contributed by atoms with E-state index in [-0.39, 0.29) is 18.1 Å². The van der Waals surface area contributed by atoms with Gasteiger partial charge in [-0.1, -0.05) is 12.1 Å². The summed E-state index contributed by atoms with van der Waals surface area (Å²) in [7, 11) is 3.44. The predicted molar refractivity (Wildman–Crippen MR) is 110 cm³/mol. The Bertz CT molecular complexity index is 1050. The number of likely N-dealkylation sites (N-methyl/N-ethyl adjacent to an activating group) is 1. The van der Waals surface area contributed by atoms with E-state index in [4.69, 9.17) is 9.15 Å². The Morgan fingerprint density at radius 2 is 1.86 bits per heavy atom. The summed E-state index contributed by atoms with van der Waals surface area (Å²) in [5, 5.41) is 3.75. The molecule has 0 aliphatic heterocycles. The lowest BCUT2D eigenvalue weighted by molar-refractivity contribution is -0.117. The van der Waals surface area contributed by atoms with Crippen LogP contribution in [-0.2, 0) is 11.3 Å². The van der Waals surface area contributed by atoms with Crippen LogP contribution in [0.3, 0.4) is 0 Å². The first-order valence-electron chi connectivity index (χ1n) is 9.03. The van der Waals surface area contributed by atoms with Crippen LogP contribution in [0.5, 0.6) is 5.75 Å². The third kappa shape index (κ3) is 4.40. The van der Waals surface area contributed by atoms with Gasteiger partial charge in [-0.05, 0) is 61.9 Å². The van der Waals surface area contributed by atoms with Gasteiger partial charge in [-0.3, -0.25) is 9.69 Å². The van der Waals surface area contributed by atoms with Crippen molar-refractivity contribution in [2.75, 3.05) is 26.0 Å². The average molecular weight is 380 g/mol. The topological polar surface area (TPSA) is 71.8 Å². The normalized spacial score (nSPS) is 11.0. The molecule has 0 aliphatic rings. The molecule has 0 fully saturated rings. The summed E-state index contributed by atoms with van der Waals surface area (Å²) in [5.74, 6) is 0.599. The Balaban J connectivity index is 1.72. The van der Waals surface area contributed by atoms with Gasteiger partial charge < -0.3 is 14.5 Å². The largest absolute Gasteiger partial charge is 0.497 e. The maximum Gasteiger partial charge on any atom is 0.336 e. The predicted octanol–water partition coefficient (Wildman–Crippen LogP) is 3.49. The van der Waals surface area contributed by atoms with Gasteiger partial charge in [-0.15, -0.1) is 0 Å². The van der Waals surface area contributed by atoms with Crippen molar-refractivity contribution < 1.29 is 13.9 Å². The Morgan fingerprint density at radius 3 is 2.54 bits per heavy atom. The third-order valence-corrected chi connectivity index (χ3v) is 4.74. The van der Waals surface area contributed by atoms with Crippen molar-refractivity contribution in [3.63, 3.8) is 0 Å². The molecule has 2 aromatic carbocycles. The minimum absolute atomic E-state index is 0.132. The van der Waals surface area contributed by atoms with Crippen LogP contribution in [-0.4, -0.2) is 31.5 Å². The minimum atomic E-state index is -0.382. The van der Waals surface area contributed by atoms with Crippen molar-refractivity contribution in [2.24, 2.45) is 0 Å². The van der Waals surface area contributed by atoms with Crippen molar-refractivity contribution in [1.82, 2.24) is 4.90 Å². The van der Waals surface area contributed by atoms with Crippen LogP contribution in [0.1, 0.15) is 16.7 Å². The Hall–Kier alpha value is -3.12. The second-order valence-corrected chi connectivity index (χ2v) is 6.92. The number of aryl methyl sites for hydroxylation is 2. The van der Waals surface area contributed by atoms with E-state index in [0.29, 0.717) is 17.8 Å². The first kappa shape index (κ1) is 19.6. The molecule has 0 unspecified atom stereocenters. The molecule has 0 atom stereocenters. The van der Waals surface area contributed by atoms with E-state index in [1.54, 1.807) is 31.4 Å². The number of nitrogens with one attached hydrogen (secondary N) is 1. The molecule has 146 valence electrons. The number of nitrogens with zero attached hydrogens (tertiary/aromatic N) is 1. The zero-order chi connectivity index (χ0) is 20.3. The monoisotopic (exact) mass is 380 g/mol. The summed E-state index contributed by atoms with van der Waals surface area (Å²) in [4.78, 5) is 26.2. The summed E-state index contributed by atoms with van der Waals surface area (Å²) in [6.07, 6.45) is 0. The zero-order valence-corrected chi connectivity index (χ0v) is 16.5. The number of carbonyl (C=O) groups excluding carboxylic acids is 1. The molecule has 3 aromatic rings. The fraction of sp³-hybridized carbons (Fsp3) is 0.273. The van der Waals surface area contributed by atoms with Gasteiger partial charge in [0.25, 0.3) is 0 Å². The van der Waals surface area contributed by atoms with Crippen molar-refractivity contribution in [3.05, 3.63) is 69.6 Å². The number of hydrogen-bond acceptors (Lipinski definition) is 5.